The lowest BCUT2D eigenvalue weighted by atomic mass is 10.1. The highest BCUT2D eigenvalue weighted by Gasteiger charge is 2.24. The Morgan fingerprint density at radius 1 is 1.16 bits per heavy atom. The van der Waals surface area contributed by atoms with Gasteiger partial charge in [0, 0.05) is 6.54 Å². The molecule has 1 N–H and O–H groups in total. The van der Waals surface area contributed by atoms with Gasteiger partial charge in [-0.15, -0.1) is 0 Å². The largest absolute Gasteiger partial charge is 0.491 e. The second kappa shape index (κ2) is 7.79. The van der Waals surface area contributed by atoms with Crippen LogP contribution < -0.4 is 15.0 Å². The summed E-state index contributed by atoms with van der Waals surface area (Å²) in [5.41, 5.74) is 1.55. The van der Waals surface area contributed by atoms with Crippen molar-refractivity contribution in [3.63, 3.8) is 0 Å². The number of halogens is 1. The summed E-state index contributed by atoms with van der Waals surface area (Å²) in [7, 11) is 0. The van der Waals surface area contributed by atoms with Crippen molar-refractivity contribution in [3.05, 3.63) is 59.9 Å². The van der Waals surface area contributed by atoms with Gasteiger partial charge < -0.3 is 10.1 Å². The Morgan fingerprint density at radius 3 is 2.72 bits per heavy atom. The molecule has 130 valence electrons. The standard InChI is InChI=1S/C19H19FN2O3/c20-15-7-5-14(6-8-15)9-11-21-18(23)13-22-16-3-1-2-4-17(16)25-12-10-19(22)24/h1-8H,9-13H2,(H,21,23). The molecule has 0 bridgehead atoms. The number of anilines is 1. The molecule has 2 aromatic rings. The molecule has 0 aromatic heterocycles. The molecular formula is C19H19FN2O3. The highest BCUT2D eigenvalue weighted by atomic mass is 19.1. The summed E-state index contributed by atoms with van der Waals surface area (Å²) in [6.07, 6.45) is 0.831. The number of para-hydroxylation sites is 2. The monoisotopic (exact) mass is 342 g/mol. The number of rotatable bonds is 5. The summed E-state index contributed by atoms with van der Waals surface area (Å²) in [6, 6.07) is 13.3. The third-order valence-corrected chi connectivity index (χ3v) is 3.98. The fraction of sp³-hybridized carbons (Fsp3) is 0.263. The smallest absolute Gasteiger partial charge is 0.240 e. The highest BCUT2D eigenvalue weighted by Crippen LogP contribution is 2.30. The van der Waals surface area contributed by atoms with Crippen LogP contribution in [0.25, 0.3) is 0 Å². The Balaban J connectivity index is 1.58. The SMILES string of the molecule is O=C(CN1C(=O)CCOc2ccccc21)NCCc1ccc(F)cc1. The van der Waals surface area contributed by atoms with Gasteiger partial charge in [0.15, 0.2) is 0 Å². The number of benzene rings is 2. The first-order valence-corrected chi connectivity index (χ1v) is 8.17. The van der Waals surface area contributed by atoms with Crippen molar-refractivity contribution in [1.29, 1.82) is 0 Å². The van der Waals surface area contributed by atoms with Crippen LogP contribution in [0, 0.1) is 5.82 Å². The van der Waals surface area contributed by atoms with Gasteiger partial charge in [-0.3, -0.25) is 14.5 Å². The summed E-state index contributed by atoms with van der Waals surface area (Å²) >= 11 is 0. The van der Waals surface area contributed by atoms with Crippen LogP contribution in [0.15, 0.2) is 48.5 Å². The van der Waals surface area contributed by atoms with Crippen molar-refractivity contribution < 1.29 is 18.7 Å². The molecular weight excluding hydrogens is 323 g/mol. The van der Waals surface area contributed by atoms with Gasteiger partial charge in [0.2, 0.25) is 11.8 Å². The summed E-state index contributed by atoms with van der Waals surface area (Å²) in [4.78, 5) is 25.9. The summed E-state index contributed by atoms with van der Waals surface area (Å²) in [6.45, 7) is 0.672. The fourth-order valence-corrected chi connectivity index (χ4v) is 2.69. The first-order valence-electron chi connectivity index (χ1n) is 8.17. The van der Waals surface area contributed by atoms with E-state index >= 15 is 0 Å². The molecule has 3 rings (SSSR count). The minimum Gasteiger partial charge on any atom is -0.491 e. The Morgan fingerprint density at radius 2 is 1.92 bits per heavy atom. The molecule has 2 aromatic carbocycles. The molecule has 0 radical (unpaired) electrons. The average molecular weight is 342 g/mol. The van der Waals surface area contributed by atoms with E-state index in [0.29, 0.717) is 31.0 Å². The van der Waals surface area contributed by atoms with Gasteiger partial charge in [-0.1, -0.05) is 24.3 Å². The zero-order valence-electron chi connectivity index (χ0n) is 13.7. The number of carbonyl (C=O) groups is 2. The molecule has 1 aliphatic rings. The Hall–Kier alpha value is -2.89. The number of carbonyl (C=O) groups excluding carboxylic acids is 2. The van der Waals surface area contributed by atoms with Crippen molar-refractivity contribution in [3.8, 4) is 5.75 Å². The molecule has 6 heteroatoms. The van der Waals surface area contributed by atoms with Crippen molar-refractivity contribution in [1.82, 2.24) is 5.32 Å². The van der Waals surface area contributed by atoms with E-state index in [1.807, 2.05) is 6.07 Å². The summed E-state index contributed by atoms with van der Waals surface area (Å²) < 4.78 is 18.4. The van der Waals surface area contributed by atoms with E-state index in [1.54, 1.807) is 30.3 Å². The third-order valence-electron chi connectivity index (χ3n) is 3.98. The molecule has 0 saturated carbocycles. The van der Waals surface area contributed by atoms with Gasteiger partial charge in [0.1, 0.15) is 18.1 Å². The van der Waals surface area contributed by atoms with Crippen molar-refractivity contribution in [2.24, 2.45) is 0 Å². The van der Waals surface area contributed by atoms with Gasteiger partial charge in [-0.2, -0.15) is 0 Å². The molecule has 0 saturated heterocycles. The predicted octanol–water partition coefficient (Wildman–Crippen LogP) is 2.30. The lowest BCUT2D eigenvalue weighted by Crippen LogP contribution is -2.41. The van der Waals surface area contributed by atoms with E-state index in [-0.39, 0.29) is 30.6 Å². The van der Waals surface area contributed by atoms with E-state index in [2.05, 4.69) is 5.32 Å². The fourth-order valence-electron chi connectivity index (χ4n) is 2.69. The molecule has 25 heavy (non-hydrogen) atoms. The van der Waals surface area contributed by atoms with E-state index < -0.39 is 0 Å². The van der Waals surface area contributed by atoms with Crippen LogP contribution >= 0.6 is 0 Å². The molecule has 1 heterocycles. The van der Waals surface area contributed by atoms with E-state index in [1.165, 1.54) is 17.0 Å². The van der Waals surface area contributed by atoms with Crippen LogP contribution in [0.1, 0.15) is 12.0 Å². The van der Waals surface area contributed by atoms with E-state index in [9.17, 15) is 14.0 Å². The maximum absolute atomic E-state index is 12.9. The maximum Gasteiger partial charge on any atom is 0.240 e. The number of amides is 2. The van der Waals surface area contributed by atoms with E-state index in [4.69, 9.17) is 4.74 Å². The molecule has 0 atom stereocenters. The van der Waals surface area contributed by atoms with Crippen molar-refractivity contribution >= 4 is 17.5 Å². The van der Waals surface area contributed by atoms with Crippen molar-refractivity contribution in [2.45, 2.75) is 12.8 Å². The van der Waals surface area contributed by atoms with Gasteiger partial charge in [-0.25, -0.2) is 4.39 Å². The normalized spacial score (nSPS) is 13.6. The zero-order valence-corrected chi connectivity index (χ0v) is 13.7. The number of ether oxygens (including phenoxy) is 1. The second-order valence-corrected chi connectivity index (χ2v) is 5.77. The van der Waals surface area contributed by atoms with Gasteiger partial charge in [-0.05, 0) is 36.2 Å². The minimum atomic E-state index is -0.284. The minimum absolute atomic E-state index is 0.0530. The van der Waals surface area contributed by atoms with Crippen molar-refractivity contribution in [2.75, 3.05) is 24.6 Å². The summed E-state index contributed by atoms with van der Waals surface area (Å²) in [5, 5.41) is 2.80. The van der Waals surface area contributed by atoms with Crippen LogP contribution in [0.3, 0.4) is 0 Å². The van der Waals surface area contributed by atoms with Crippen LogP contribution in [0.4, 0.5) is 10.1 Å². The molecule has 1 aliphatic heterocycles. The number of nitrogens with one attached hydrogen (secondary N) is 1. The van der Waals surface area contributed by atoms with Gasteiger partial charge >= 0.3 is 0 Å². The predicted molar refractivity (Wildman–Crippen MR) is 92.0 cm³/mol. The topological polar surface area (TPSA) is 58.6 Å². The van der Waals surface area contributed by atoms with Crippen LogP contribution in [0.2, 0.25) is 0 Å². The second-order valence-electron chi connectivity index (χ2n) is 5.77. The van der Waals surface area contributed by atoms with Crippen LogP contribution in [0.5, 0.6) is 5.75 Å². The first kappa shape index (κ1) is 17.0. The first-order chi connectivity index (χ1) is 12.1. The van der Waals surface area contributed by atoms with Crippen LogP contribution in [-0.2, 0) is 16.0 Å². The third kappa shape index (κ3) is 4.35. The lowest BCUT2D eigenvalue weighted by Gasteiger charge is -2.21. The molecule has 0 aliphatic carbocycles. The maximum atomic E-state index is 12.9. The zero-order chi connectivity index (χ0) is 17.6. The summed E-state index contributed by atoms with van der Waals surface area (Å²) in [5.74, 6) is -0.0633. The Kier molecular flexibility index (Phi) is 5.28. The number of nitrogens with zero attached hydrogens (tertiary/aromatic N) is 1. The van der Waals surface area contributed by atoms with Crippen LogP contribution in [-0.4, -0.2) is 31.5 Å². The lowest BCUT2D eigenvalue weighted by molar-refractivity contribution is -0.123. The Labute approximate surface area is 145 Å². The van der Waals surface area contributed by atoms with Gasteiger partial charge in [0.25, 0.3) is 0 Å². The molecule has 5 nitrogen and oxygen atoms in total. The molecule has 2 amide bonds. The Bertz CT molecular complexity index is 762. The quantitative estimate of drug-likeness (QED) is 0.907. The number of hydrogen-bond donors (Lipinski definition) is 1. The average Bonchev–Trinajstić information content (AvgIpc) is 2.76. The number of hydrogen-bond acceptors (Lipinski definition) is 3. The molecule has 0 unspecified atom stereocenters. The highest BCUT2D eigenvalue weighted by molar-refractivity contribution is 6.00. The van der Waals surface area contributed by atoms with Gasteiger partial charge in [0.05, 0.1) is 18.7 Å². The van der Waals surface area contributed by atoms with E-state index in [0.717, 1.165) is 5.56 Å². The number of fused-ring (bicyclic) bond motifs is 1. The molecule has 0 fully saturated rings. The molecule has 0 spiro atoms.